The quantitative estimate of drug-likeness (QED) is 0.661. The molecule has 0 heterocycles. The van der Waals surface area contributed by atoms with Gasteiger partial charge in [0, 0.05) is 4.47 Å². The molecule has 0 aliphatic heterocycles. The molecule has 1 aliphatic rings. The average molecular weight is 281 g/mol. The standard InChI is InChI=1S/C15H21Br/c1-11-6-7-12(10-13(11)16)15(4)9-5-8-14(15,2)3/h6-7,10H,5,8-9H2,1-4H3. The number of hydrogen-bond donors (Lipinski definition) is 0. The summed E-state index contributed by atoms with van der Waals surface area (Å²) >= 11 is 3.65. The van der Waals surface area contributed by atoms with Crippen LogP contribution in [0.3, 0.4) is 0 Å². The van der Waals surface area contributed by atoms with Crippen LogP contribution >= 0.6 is 15.9 Å². The van der Waals surface area contributed by atoms with Crippen LogP contribution in [0.5, 0.6) is 0 Å². The first kappa shape index (κ1) is 12.2. The van der Waals surface area contributed by atoms with E-state index in [1.165, 1.54) is 34.9 Å². The summed E-state index contributed by atoms with van der Waals surface area (Å²) in [5.41, 5.74) is 3.57. The van der Waals surface area contributed by atoms with Crippen molar-refractivity contribution in [2.24, 2.45) is 5.41 Å². The molecule has 1 heteroatoms. The van der Waals surface area contributed by atoms with E-state index in [1.54, 1.807) is 0 Å². The summed E-state index contributed by atoms with van der Waals surface area (Å²) in [4.78, 5) is 0. The summed E-state index contributed by atoms with van der Waals surface area (Å²) in [6.45, 7) is 9.40. The molecule has 1 unspecified atom stereocenters. The Balaban J connectivity index is 2.47. The van der Waals surface area contributed by atoms with Crippen molar-refractivity contribution in [1.29, 1.82) is 0 Å². The third-order valence-corrected chi connectivity index (χ3v) is 5.64. The first-order valence-electron chi connectivity index (χ1n) is 6.13. The highest BCUT2D eigenvalue weighted by molar-refractivity contribution is 9.10. The predicted molar refractivity (Wildman–Crippen MR) is 73.9 cm³/mol. The van der Waals surface area contributed by atoms with Crippen molar-refractivity contribution < 1.29 is 0 Å². The Bertz CT molecular complexity index is 406. The second-order valence-corrected chi connectivity index (χ2v) is 6.89. The van der Waals surface area contributed by atoms with Crippen molar-refractivity contribution in [3.8, 4) is 0 Å². The molecule has 0 amide bonds. The van der Waals surface area contributed by atoms with Crippen molar-refractivity contribution in [3.63, 3.8) is 0 Å². The Labute approximate surface area is 108 Å². The summed E-state index contributed by atoms with van der Waals surface area (Å²) in [5, 5.41) is 0. The fourth-order valence-electron chi connectivity index (χ4n) is 2.97. The van der Waals surface area contributed by atoms with E-state index in [9.17, 15) is 0 Å². The Morgan fingerprint density at radius 1 is 1.12 bits per heavy atom. The van der Waals surface area contributed by atoms with Gasteiger partial charge in [-0.15, -0.1) is 0 Å². The Morgan fingerprint density at radius 2 is 1.81 bits per heavy atom. The molecule has 1 aliphatic carbocycles. The highest BCUT2D eigenvalue weighted by atomic mass is 79.9. The third-order valence-electron chi connectivity index (χ3n) is 4.78. The van der Waals surface area contributed by atoms with Gasteiger partial charge in [-0.25, -0.2) is 0 Å². The van der Waals surface area contributed by atoms with Crippen LogP contribution in [0.25, 0.3) is 0 Å². The molecule has 0 aromatic heterocycles. The van der Waals surface area contributed by atoms with Gasteiger partial charge in [0.05, 0.1) is 0 Å². The fourth-order valence-corrected chi connectivity index (χ4v) is 3.35. The van der Waals surface area contributed by atoms with Crippen LogP contribution in [0.4, 0.5) is 0 Å². The lowest BCUT2D eigenvalue weighted by Crippen LogP contribution is -2.33. The molecule has 0 saturated heterocycles. The smallest absolute Gasteiger partial charge is 0.0207 e. The van der Waals surface area contributed by atoms with Crippen LogP contribution in [0.15, 0.2) is 22.7 Å². The van der Waals surface area contributed by atoms with Crippen LogP contribution in [0.1, 0.15) is 51.2 Å². The number of rotatable bonds is 1. The van der Waals surface area contributed by atoms with Crippen molar-refractivity contribution in [3.05, 3.63) is 33.8 Å². The van der Waals surface area contributed by atoms with Crippen molar-refractivity contribution >= 4 is 15.9 Å². The van der Waals surface area contributed by atoms with Crippen molar-refractivity contribution in [2.45, 2.75) is 52.4 Å². The second kappa shape index (κ2) is 3.87. The monoisotopic (exact) mass is 280 g/mol. The van der Waals surface area contributed by atoms with E-state index in [-0.39, 0.29) is 0 Å². The normalized spacial score (nSPS) is 28.3. The van der Waals surface area contributed by atoms with E-state index < -0.39 is 0 Å². The minimum atomic E-state index is 0.337. The van der Waals surface area contributed by atoms with E-state index in [2.05, 4.69) is 61.8 Å². The molecular formula is C15H21Br. The summed E-state index contributed by atoms with van der Waals surface area (Å²) in [7, 11) is 0. The maximum Gasteiger partial charge on any atom is 0.0207 e. The number of benzene rings is 1. The van der Waals surface area contributed by atoms with E-state index in [0.29, 0.717) is 10.8 Å². The number of halogens is 1. The first-order chi connectivity index (χ1) is 7.37. The van der Waals surface area contributed by atoms with Gasteiger partial charge in [-0.05, 0) is 47.8 Å². The minimum absolute atomic E-state index is 0.337. The van der Waals surface area contributed by atoms with E-state index in [4.69, 9.17) is 0 Å². The van der Waals surface area contributed by atoms with Crippen LogP contribution in [0, 0.1) is 12.3 Å². The Kier molecular flexibility index (Phi) is 2.94. The highest BCUT2D eigenvalue weighted by Crippen LogP contribution is 2.54. The summed E-state index contributed by atoms with van der Waals surface area (Å²) in [5.74, 6) is 0. The molecule has 1 fully saturated rings. The summed E-state index contributed by atoms with van der Waals surface area (Å²) < 4.78 is 1.24. The van der Waals surface area contributed by atoms with Crippen LogP contribution in [0.2, 0.25) is 0 Å². The van der Waals surface area contributed by atoms with Crippen LogP contribution < -0.4 is 0 Å². The zero-order chi connectivity index (χ0) is 12.0. The molecule has 2 rings (SSSR count). The molecule has 0 N–H and O–H groups in total. The first-order valence-corrected chi connectivity index (χ1v) is 6.93. The molecule has 1 saturated carbocycles. The van der Waals surface area contributed by atoms with Gasteiger partial charge >= 0.3 is 0 Å². The molecule has 88 valence electrons. The molecule has 1 atom stereocenters. The van der Waals surface area contributed by atoms with E-state index >= 15 is 0 Å². The van der Waals surface area contributed by atoms with Gasteiger partial charge in [0.2, 0.25) is 0 Å². The lowest BCUT2D eigenvalue weighted by atomic mass is 9.65. The maximum absolute atomic E-state index is 3.65. The van der Waals surface area contributed by atoms with Gasteiger partial charge < -0.3 is 0 Å². The minimum Gasteiger partial charge on any atom is -0.0591 e. The van der Waals surface area contributed by atoms with Crippen molar-refractivity contribution in [1.82, 2.24) is 0 Å². The number of aryl methyl sites for hydroxylation is 1. The summed E-state index contributed by atoms with van der Waals surface area (Å²) in [6, 6.07) is 6.87. The molecule has 1 aromatic carbocycles. The molecule has 0 bridgehead atoms. The van der Waals surface area contributed by atoms with Gasteiger partial charge in [-0.3, -0.25) is 0 Å². The molecule has 0 radical (unpaired) electrons. The van der Waals surface area contributed by atoms with Gasteiger partial charge in [0.15, 0.2) is 0 Å². The van der Waals surface area contributed by atoms with Crippen LogP contribution in [-0.4, -0.2) is 0 Å². The third kappa shape index (κ3) is 1.73. The van der Waals surface area contributed by atoms with Gasteiger partial charge in [-0.1, -0.05) is 55.3 Å². The summed E-state index contributed by atoms with van der Waals surface area (Å²) in [6.07, 6.45) is 4.01. The maximum atomic E-state index is 3.65. The van der Waals surface area contributed by atoms with Gasteiger partial charge in [0.1, 0.15) is 0 Å². The van der Waals surface area contributed by atoms with Crippen LogP contribution in [-0.2, 0) is 5.41 Å². The second-order valence-electron chi connectivity index (χ2n) is 6.03. The van der Waals surface area contributed by atoms with Gasteiger partial charge in [-0.2, -0.15) is 0 Å². The van der Waals surface area contributed by atoms with E-state index in [1.807, 2.05) is 0 Å². The number of hydrogen-bond acceptors (Lipinski definition) is 0. The lowest BCUT2D eigenvalue weighted by molar-refractivity contribution is 0.225. The topological polar surface area (TPSA) is 0 Å². The zero-order valence-corrected chi connectivity index (χ0v) is 12.3. The molecular weight excluding hydrogens is 260 g/mol. The molecule has 1 aromatic rings. The lowest BCUT2D eigenvalue weighted by Gasteiger charge is -2.39. The zero-order valence-electron chi connectivity index (χ0n) is 10.7. The highest BCUT2D eigenvalue weighted by Gasteiger charge is 2.46. The van der Waals surface area contributed by atoms with Gasteiger partial charge in [0.25, 0.3) is 0 Å². The predicted octanol–water partition coefficient (Wildman–Crippen LogP) is 5.23. The fraction of sp³-hybridized carbons (Fsp3) is 0.600. The molecule has 0 spiro atoms. The molecule has 0 nitrogen and oxygen atoms in total. The SMILES string of the molecule is Cc1ccc(C2(C)CCCC2(C)C)cc1Br. The molecule has 16 heavy (non-hydrogen) atoms. The largest absolute Gasteiger partial charge is 0.0591 e. The Hall–Kier alpha value is -0.300. The van der Waals surface area contributed by atoms with E-state index in [0.717, 1.165) is 0 Å². The Morgan fingerprint density at radius 3 is 2.31 bits per heavy atom. The average Bonchev–Trinajstić information content (AvgIpc) is 2.47. The van der Waals surface area contributed by atoms with Crippen molar-refractivity contribution in [2.75, 3.05) is 0 Å².